The minimum absolute atomic E-state index is 0.406. The Morgan fingerprint density at radius 3 is 1.79 bits per heavy atom. The normalized spacial score (nSPS) is 15.1. The second-order valence-corrected chi connectivity index (χ2v) is 10.0. The van der Waals surface area contributed by atoms with E-state index in [1.165, 1.54) is 0 Å². The van der Waals surface area contributed by atoms with Crippen LogP contribution >= 0.6 is 0 Å². The number of carboxylic acids is 1. The maximum Gasteiger partial charge on any atom is 0.408 e. The van der Waals surface area contributed by atoms with Crippen molar-refractivity contribution >= 4 is 29.8 Å². The molecular weight excluding hydrogens is 446 g/mol. The maximum absolute atomic E-state index is 13.6. The average Bonchev–Trinajstić information content (AvgIpc) is 2.66. The topological polar surface area (TPSA) is 151 Å². The van der Waals surface area contributed by atoms with Crippen molar-refractivity contribution in [3.63, 3.8) is 0 Å². The number of hydrogen-bond donors (Lipinski definition) is 3. The summed E-state index contributed by atoms with van der Waals surface area (Å²) in [7, 11) is 0. The number of nitrogens with zero attached hydrogens (tertiary/aromatic N) is 1. The third kappa shape index (κ3) is 9.96. The first-order valence-electron chi connectivity index (χ1n) is 11.5. The van der Waals surface area contributed by atoms with E-state index in [4.69, 9.17) is 9.57 Å². The third-order valence-corrected chi connectivity index (χ3v) is 4.98. The van der Waals surface area contributed by atoms with E-state index in [1.54, 1.807) is 55.4 Å². The Balaban J connectivity index is 6.23. The van der Waals surface area contributed by atoms with Crippen LogP contribution in [0.15, 0.2) is 0 Å². The highest BCUT2D eigenvalue weighted by Gasteiger charge is 2.42. The van der Waals surface area contributed by atoms with Crippen molar-refractivity contribution < 1.29 is 38.7 Å². The lowest BCUT2D eigenvalue weighted by atomic mass is 9.95. The van der Waals surface area contributed by atoms with Gasteiger partial charge < -0.3 is 25.3 Å². The van der Waals surface area contributed by atoms with E-state index >= 15 is 0 Å². The van der Waals surface area contributed by atoms with Gasteiger partial charge in [0.2, 0.25) is 5.91 Å². The van der Waals surface area contributed by atoms with Crippen LogP contribution in [0.1, 0.15) is 75.7 Å². The number of carbonyl (C=O) groups excluding carboxylic acids is 4. The fourth-order valence-electron chi connectivity index (χ4n) is 3.06. The summed E-state index contributed by atoms with van der Waals surface area (Å²) in [6.45, 7) is 16.1. The SMILES string of the molecule is CC[C@H](C)[C@H](NC(=O)OC(C)(C)C)C(=O)N(OC(C)=O)[C@H](C(=O)N[C@H](C(=O)O)C(C)C)C(C)C. The molecular formula is C23H41N3O8. The van der Waals surface area contributed by atoms with Gasteiger partial charge in [0.15, 0.2) is 6.04 Å². The molecule has 3 N–H and O–H groups in total. The van der Waals surface area contributed by atoms with E-state index in [-0.39, 0.29) is 0 Å². The van der Waals surface area contributed by atoms with Gasteiger partial charge in [-0.2, -0.15) is 5.06 Å². The van der Waals surface area contributed by atoms with Crippen molar-refractivity contribution in [1.82, 2.24) is 15.7 Å². The van der Waals surface area contributed by atoms with Crippen molar-refractivity contribution in [2.45, 2.75) is 99.4 Å². The largest absolute Gasteiger partial charge is 0.480 e. The molecule has 11 nitrogen and oxygen atoms in total. The summed E-state index contributed by atoms with van der Waals surface area (Å²) >= 11 is 0. The summed E-state index contributed by atoms with van der Waals surface area (Å²) in [4.78, 5) is 67.7. The lowest BCUT2D eigenvalue weighted by Gasteiger charge is -2.35. The number of aliphatic carboxylic acids is 1. The van der Waals surface area contributed by atoms with E-state index in [1.807, 2.05) is 6.92 Å². The van der Waals surface area contributed by atoms with Gasteiger partial charge in [-0.15, -0.1) is 0 Å². The monoisotopic (exact) mass is 487 g/mol. The number of rotatable bonds is 10. The van der Waals surface area contributed by atoms with Crippen molar-refractivity contribution in [2.24, 2.45) is 17.8 Å². The van der Waals surface area contributed by atoms with Crippen molar-refractivity contribution in [1.29, 1.82) is 0 Å². The van der Waals surface area contributed by atoms with Crippen LogP contribution < -0.4 is 10.6 Å². The molecule has 0 saturated heterocycles. The molecule has 0 aliphatic rings. The summed E-state index contributed by atoms with van der Waals surface area (Å²) in [5, 5.41) is 15.0. The number of carboxylic acid groups (broad SMARTS) is 1. The highest BCUT2D eigenvalue weighted by molar-refractivity contribution is 5.93. The van der Waals surface area contributed by atoms with E-state index in [2.05, 4.69) is 10.6 Å². The Hall–Kier alpha value is -2.85. The Labute approximate surface area is 201 Å². The van der Waals surface area contributed by atoms with Gasteiger partial charge >= 0.3 is 18.0 Å². The molecule has 4 atom stereocenters. The molecule has 196 valence electrons. The molecule has 0 aliphatic carbocycles. The third-order valence-electron chi connectivity index (χ3n) is 4.98. The van der Waals surface area contributed by atoms with Crippen LogP contribution in [-0.2, 0) is 28.8 Å². The Kier molecular flexibility index (Phi) is 12.0. The van der Waals surface area contributed by atoms with Crippen LogP contribution in [0.4, 0.5) is 4.79 Å². The van der Waals surface area contributed by atoms with E-state index in [0.29, 0.717) is 11.5 Å². The van der Waals surface area contributed by atoms with Crippen molar-refractivity contribution in [3.8, 4) is 0 Å². The molecule has 0 saturated carbocycles. The van der Waals surface area contributed by atoms with Gasteiger partial charge in [-0.25, -0.2) is 9.59 Å². The molecule has 0 bridgehead atoms. The molecule has 0 fully saturated rings. The summed E-state index contributed by atoms with van der Waals surface area (Å²) in [6, 6.07) is -3.73. The lowest BCUT2D eigenvalue weighted by molar-refractivity contribution is -0.211. The second kappa shape index (κ2) is 13.1. The van der Waals surface area contributed by atoms with Crippen LogP contribution in [0.5, 0.6) is 0 Å². The summed E-state index contributed by atoms with van der Waals surface area (Å²) in [5.41, 5.74) is -0.814. The highest BCUT2D eigenvalue weighted by Crippen LogP contribution is 2.20. The van der Waals surface area contributed by atoms with Gasteiger partial charge in [0, 0.05) is 6.92 Å². The number of alkyl carbamates (subject to hydrolysis) is 1. The molecule has 0 aromatic heterocycles. The minimum Gasteiger partial charge on any atom is -0.480 e. The number of ether oxygens (including phenoxy) is 1. The van der Waals surface area contributed by atoms with Gasteiger partial charge in [-0.1, -0.05) is 48.0 Å². The quantitative estimate of drug-likeness (QED) is 0.398. The highest BCUT2D eigenvalue weighted by atomic mass is 16.7. The zero-order valence-electron chi connectivity index (χ0n) is 21.9. The van der Waals surface area contributed by atoms with Crippen LogP contribution in [0, 0.1) is 17.8 Å². The standard InChI is InChI=1S/C23H41N3O8/c1-11-14(6)17(25-22(32)33-23(8,9)10)20(29)26(34-15(7)27)18(13(4)5)19(28)24-16(12(2)3)21(30)31/h12-14,16-18H,11H2,1-10H3,(H,24,28)(H,25,32)(H,30,31)/t14-,16-,17-,18-/m0/s1. The number of nitrogens with one attached hydrogen (secondary N) is 2. The van der Waals surface area contributed by atoms with E-state index in [0.717, 1.165) is 6.92 Å². The van der Waals surface area contributed by atoms with Crippen molar-refractivity contribution in [2.75, 3.05) is 0 Å². The first-order valence-corrected chi connectivity index (χ1v) is 11.5. The molecule has 0 radical (unpaired) electrons. The molecule has 0 unspecified atom stereocenters. The molecule has 0 rings (SSSR count). The number of amides is 3. The van der Waals surface area contributed by atoms with Crippen LogP contribution in [0.2, 0.25) is 0 Å². The van der Waals surface area contributed by atoms with Gasteiger partial charge in [0.1, 0.15) is 17.7 Å². The molecule has 0 aromatic rings. The molecule has 11 heteroatoms. The summed E-state index contributed by atoms with van der Waals surface area (Å²) in [5.74, 6) is -5.13. The van der Waals surface area contributed by atoms with Gasteiger partial charge in [0.05, 0.1) is 0 Å². The van der Waals surface area contributed by atoms with Crippen LogP contribution in [-0.4, -0.2) is 63.7 Å². The van der Waals surface area contributed by atoms with E-state index < -0.39 is 71.3 Å². The number of hydroxylamine groups is 2. The summed E-state index contributed by atoms with van der Waals surface area (Å²) < 4.78 is 5.26. The molecule has 34 heavy (non-hydrogen) atoms. The fourth-order valence-corrected chi connectivity index (χ4v) is 3.06. The average molecular weight is 488 g/mol. The molecule has 0 aromatic carbocycles. The summed E-state index contributed by atoms with van der Waals surface area (Å²) in [6.07, 6.45) is -0.363. The van der Waals surface area contributed by atoms with Gasteiger partial charge in [-0.3, -0.25) is 14.4 Å². The minimum atomic E-state index is -1.34. The first-order chi connectivity index (χ1) is 15.4. The number of hydrogen-bond acceptors (Lipinski definition) is 7. The van der Waals surface area contributed by atoms with Crippen LogP contribution in [0.25, 0.3) is 0 Å². The molecule has 0 heterocycles. The Morgan fingerprint density at radius 2 is 1.44 bits per heavy atom. The Morgan fingerprint density at radius 1 is 0.912 bits per heavy atom. The first kappa shape index (κ1) is 31.1. The van der Waals surface area contributed by atoms with Gasteiger partial charge in [-0.05, 0) is 38.5 Å². The molecule has 0 aliphatic heterocycles. The molecule has 3 amide bonds. The Bertz CT molecular complexity index is 745. The molecule has 0 spiro atoms. The van der Waals surface area contributed by atoms with Crippen LogP contribution in [0.3, 0.4) is 0 Å². The fraction of sp³-hybridized carbons (Fsp3) is 0.783. The second-order valence-electron chi connectivity index (χ2n) is 10.0. The zero-order chi connectivity index (χ0) is 27.0. The maximum atomic E-state index is 13.6. The van der Waals surface area contributed by atoms with Crippen molar-refractivity contribution in [3.05, 3.63) is 0 Å². The predicted octanol–water partition coefficient (Wildman–Crippen LogP) is 2.48. The lowest BCUT2D eigenvalue weighted by Crippen LogP contribution is -2.61. The number of carbonyl (C=O) groups is 5. The predicted molar refractivity (Wildman–Crippen MR) is 124 cm³/mol. The zero-order valence-corrected chi connectivity index (χ0v) is 21.9. The van der Waals surface area contributed by atoms with Gasteiger partial charge in [0.25, 0.3) is 5.91 Å². The smallest absolute Gasteiger partial charge is 0.408 e. The van der Waals surface area contributed by atoms with E-state index in [9.17, 15) is 29.1 Å².